The molecule has 0 bridgehead atoms. The Morgan fingerprint density at radius 2 is 2.14 bits per heavy atom. The summed E-state index contributed by atoms with van der Waals surface area (Å²) in [5.74, 6) is -0.221. The van der Waals surface area contributed by atoms with Crippen LogP contribution in [0.1, 0.15) is 18.1 Å². The number of aryl methyl sites for hydroxylation is 1. The second-order valence-electron chi connectivity index (χ2n) is 5.81. The van der Waals surface area contributed by atoms with Crippen molar-refractivity contribution in [1.29, 1.82) is 0 Å². The van der Waals surface area contributed by atoms with Crippen LogP contribution in [0.5, 0.6) is 0 Å². The molecule has 116 valence electrons. The Morgan fingerprint density at radius 3 is 2.71 bits per heavy atom. The first-order valence-electron chi connectivity index (χ1n) is 6.79. The Bertz CT molecular complexity index is 525. The fraction of sp³-hybridized carbons (Fsp3) is 0.438. The third kappa shape index (κ3) is 6.89. The van der Waals surface area contributed by atoms with E-state index in [9.17, 15) is 9.90 Å². The third-order valence-corrected chi connectivity index (χ3v) is 3.56. The smallest absolute Gasteiger partial charge is 0.244 e. The van der Waals surface area contributed by atoms with Crippen LogP contribution in [0.15, 0.2) is 28.7 Å². The summed E-state index contributed by atoms with van der Waals surface area (Å²) in [5, 5.41) is 12.8. The molecule has 2 N–H and O–H groups in total. The van der Waals surface area contributed by atoms with Gasteiger partial charge in [0.2, 0.25) is 5.91 Å². The van der Waals surface area contributed by atoms with Crippen molar-refractivity contribution in [2.24, 2.45) is 0 Å². The van der Waals surface area contributed by atoms with E-state index in [0.29, 0.717) is 6.54 Å². The van der Waals surface area contributed by atoms with Crippen molar-refractivity contribution < 1.29 is 9.90 Å². The Morgan fingerprint density at radius 1 is 1.48 bits per heavy atom. The van der Waals surface area contributed by atoms with Crippen LogP contribution in [-0.4, -0.2) is 48.7 Å². The Balaban J connectivity index is 2.55. The minimum absolute atomic E-state index is 0.212. The lowest BCUT2D eigenvalue weighted by Crippen LogP contribution is -2.46. The second-order valence-corrected chi connectivity index (χ2v) is 6.67. The minimum Gasteiger partial charge on any atom is -0.387 e. The molecule has 0 saturated carbocycles. The topological polar surface area (TPSA) is 52.6 Å². The van der Waals surface area contributed by atoms with Crippen molar-refractivity contribution in [2.45, 2.75) is 19.4 Å². The van der Waals surface area contributed by atoms with Gasteiger partial charge in [0, 0.05) is 23.6 Å². The van der Waals surface area contributed by atoms with Gasteiger partial charge in [0.25, 0.3) is 0 Å². The minimum atomic E-state index is -0.947. The lowest BCUT2D eigenvalue weighted by atomic mass is 10.1. The highest BCUT2D eigenvalue weighted by Gasteiger charge is 2.21. The molecule has 1 aromatic carbocycles. The summed E-state index contributed by atoms with van der Waals surface area (Å²) >= 11 is 3.47. The number of amides is 1. The van der Waals surface area contributed by atoms with Crippen LogP contribution in [0.4, 0.5) is 0 Å². The highest BCUT2D eigenvalue weighted by atomic mass is 79.9. The molecule has 1 rings (SSSR count). The van der Waals surface area contributed by atoms with Crippen molar-refractivity contribution in [2.75, 3.05) is 27.2 Å². The van der Waals surface area contributed by atoms with Crippen molar-refractivity contribution in [3.05, 3.63) is 39.9 Å². The molecule has 0 saturated heterocycles. The number of nitrogens with one attached hydrogen (secondary N) is 1. The average molecular weight is 355 g/mol. The van der Waals surface area contributed by atoms with Crippen LogP contribution in [0.3, 0.4) is 0 Å². The number of rotatable bonds is 6. The molecule has 0 aliphatic carbocycles. The van der Waals surface area contributed by atoms with Crippen LogP contribution >= 0.6 is 15.9 Å². The van der Waals surface area contributed by atoms with Gasteiger partial charge in [-0.25, -0.2) is 0 Å². The van der Waals surface area contributed by atoms with Crippen molar-refractivity contribution in [3.63, 3.8) is 0 Å². The molecular formula is C16H23BrN2O2. The summed E-state index contributed by atoms with van der Waals surface area (Å²) in [7, 11) is 3.76. The number of halogens is 1. The largest absolute Gasteiger partial charge is 0.387 e. The maximum Gasteiger partial charge on any atom is 0.244 e. The molecule has 4 nitrogen and oxygen atoms in total. The van der Waals surface area contributed by atoms with Crippen molar-refractivity contribution in [3.8, 4) is 0 Å². The fourth-order valence-electron chi connectivity index (χ4n) is 2.01. The van der Waals surface area contributed by atoms with E-state index in [0.717, 1.165) is 15.6 Å². The number of benzene rings is 1. The predicted molar refractivity (Wildman–Crippen MR) is 90.1 cm³/mol. The molecule has 0 aliphatic heterocycles. The lowest BCUT2D eigenvalue weighted by Gasteiger charge is -2.26. The number of carbonyl (C=O) groups excluding carboxylic acids is 1. The highest BCUT2D eigenvalue weighted by molar-refractivity contribution is 9.10. The van der Waals surface area contributed by atoms with Crippen molar-refractivity contribution >= 4 is 27.9 Å². The molecule has 0 spiro atoms. The van der Waals surface area contributed by atoms with E-state index < -0.39 is 5.60 Å². The summed E-state index contributed by atoms with van der Waals surface area (Å²) in [6.07, 6.45) is 3.22. The zero-order chi connectivity index (χ0) is 16.0. The molecule has 0 fully saturated rings. The quantitative estimate of drug-likeness (QED) is 0.770. The third-order valence-electron chi connectivity index (χ3n) is 2.87. The van der Waals surface area contributed by atoms with Gasteiger partial charge >= 0.3 is 0 Å². The number of likely N-dealkylation sites (N-methyl/N-ethyl adjacent to an activating group) is 1. The van der Waals surface area contributed by atoms with Crippen LogP contribution in [0.2, 0.25) is 0 Å². The molecule has 1 atom stereocenters. The molecule has 0 aromatic heterocycles. The van der Waals surface area contributed by atoms with Gasteiger partial charge in [-0.05, 0) is 51.2 Å². The van der Waals surface area contributed by atoms with Crippen LogP contribution in [-0.2, 0) is 4.79 Å². The van der Waals surface area contributed by atoms with E-state index in [-0.39, 0.29) is 12.5 Å². The normalized spacial score (nSPS) is 14.4. The maximum atomic E-state index is 11.8. The van der Waals surface area contributed by atoms with Gasteiger partial charge < -0.3 is 15.3 Å². The average Bonchev–Trinajstić information content (AvgIpc) is 2.34. The fourth-order valence-corrected chi connectivity index (χ4v) is 2.63. The van der Waals surface area contributed by atoms with Gasteiger partial charge in [0.05, 0.1) is 5.60 Å². The van der Waals surface area contributed by atoms with Crippen LogP contribution in [0, 0.1) is 6.92 Å². The molecule has 1 unspecified atom stereocenters. The number of aliphatic hydroxyl groups is 1. The van der Waals surface area contributed by atoms with Gasteiger partial charge in [-0.2, -0.15) is 0 Å². The van der Waals surface area contributed by atoms with E-state index in [4.69, 9.17) is 0 Å². The first kappa shape index (κ1) is 17.9. The van der Waals surface area contributed by atoms with Gasteiger partial charge in [0.1, 0.15) is 0 Å². The van der Waals surface area contributed by atoms with E-state index in [2.05, 4.69) is 21.2 Å². The van der Waals surface area contributed by atoms with Crippen molar-refractivity contribution in [1.82, 2.24) is 10.2 Å². The number of hydrogen-bond acceptors (Lipinski definition) is 3. The summed E-state index contributed by atoms with van der Waals surface area (Å²) in [6.45, 7) is 4.41. The highest BCUT2D eigenvalue weighted by Crippen LogP contribution is 2.19. The summed E-state index contributed by atoms with van der Waals surface area (Å²) < 4.78 is 0.950. The number of nitrogens with zero attached hydrogens (tertiary/aromatic N) is 1. The second kappa shape index (κ2) is 7.73. The van der Waals surface area contributed by atoms with Gasteiger partial charge in [-0.3, -0.25) is 4.79 Å². The Labute approximate surface area is 135 Å². The first-order chi connectivity index (χ1) is 9.69. The lowest BCUT2D eigenvalue weighted by molar-refractivity contribution is -0.117. The van der Waals surface area contributed by atoms with E-state index in [1.54, 1.807) is 13.0 Å². The molecule has 1 amide bonds. The molecular weight excluding hydrogens is 332 g/mol. The molecule has 0 radical (unpaired) electrons. The van der Waals surface area contributed by atoms with Crippen LogP contribution in [0.25, 0.3) is 6.08 Å². The molecule has 0 aliphatic rings. The molecule has 5 heteroatoms. The standard InChI is InChI=1S/C16H23BrN2O2/c1-12-5-6-13(14(17)9-12)7-8-15(20)18-10-16(2,21)11-19(3)4/h5-9,21H,10-11H2,1-4H3,(H,18,20)/b8-7+. The summed E-state index contributed by atoms with van der Waals surface area (Å²) in [4.78, 5) is 13.7. The Kier molecular flexibility index (Phi) is 6.58. The Hall–Kier alpha value is -1.17. The van der Waals surface area contributed by atoms with E-state index in [1.165, 1.54) is 6.08 Å². The monoisotopic (exact) mass is 354 g/mol. The molecule has 21 heavy (non-hydrogen) atoms. The molecule has 0 heterocycles. The van der Waals surface area contributed by atoms with Gasteiger partial charge in [0.15, 0.2) is 0 Å². The zero-order valence-corrected chi connectivity index (χ0v) is 14.6. The predicted octanol–water partition coefficient (Wildman–Crippen LogP) is 2.20. The van der Waals surface area contributed by atoms with Gasteiger partial charge in [-0.15, -0.1) is 0 Å². The van der Waals surface area contributed by atoms with E-state index in [1.807, 2.05) is 44.1 Å². The SMILES string of the molecule is Cc1ccc(/C=C/C(=O)NCC(C)(O)CN(C)C)c(Br)c1. The van der Waals surface area contributed by atoms with Gasteiger partial charge in [-0.1, -0.05) is 28.1 Å². The summed E-state index contributed by atoms with van der Waals surface area (Å²) in [6, 6.07) is 5.94. The summed E-state index contributed by atoms with van der Waals surface area (Å²) in [5.41, 5.74) is 1.15. The number of hydrogen-bond donors (Lipinski definition) is 2. The van der Waals surface area contributed by atoms with E-state index >= 15 is 0 Å². The number of carbonyl (C=O) groups is 1. The maximum absolute atomic E-state index is 11.8. The zero-order valence-electron chi connectivity index (χ0n) is 13.0. The molecule has 1 aromatic rings. The van der Waals surface area contributed by atoms with Crippen LogP contribution < -0.4 is 5.32 Å². The first-order valence-corrected chi connectivity index (χ1v) is 7.58.